The maximum absolute atomic E-state index is 14.4. The van der Waals surface area contributed by atoms with Gasteiger partial charge in [0.1, 0.15) is 11.3 Å². The minimum atomic E-state index is -0.458. The molecule has 8 nitrogen and oxygen atoms in total. The summed E-state index contributed by atoms with van der Waals surface area (Å²) in [4.78, 5) is 23.8. The first-order chi connectivity index (χ1) is 14.5. The van der Waals surface area contributed by atoms with Gasteiger partial charge in [-0.1, -0.05) is 0 Å². The highest BCUT2D eigenvalue weighted by Crippen LogP contribution is 2.34. The molecule has 9 heteroatoms. The predicted molar refractivity (Wildman–Crippen MR) is 115 cm³/mol. The number of hydrogen-bond donors (Lipinski definition) is 1. The third kappa shape index (κ3) is 3.24. The molecule has 2 aliphatic heterocycles. The zero-order valence-corrected chi connectivity index (χ0v) is 17.1. The summed E-state index contributed by atoms with van der Waals surface area (Å²) in [7, 11) is 3.87. The number of aromatic nitrogens is 3. The van der Waals surface area contributed by atoms with E-state index in [2.05, 4.69) is 32.2 Å². The number of likely N-dealkylation sites (N-methyl/N-ethyl adjacent to an activating group) is 1. The van der Waals surface area contributed by atoms with Crippen LogP contribution in [0, 0.1) is 5.82 Å². The molecule has 0 aliphatic carbocycles. The van der Waals surface area contributed by atoms with Crippen LogP contribution >= 0.6 is 0 Å². The Hall–Kier alpha value is -3.20. The highest BCUT2D eigenvalue weighted by Gasteiger charge is 2.30. The number of benzene rings is 1. The zero-order chi connectivity index (χ0) is 20.8. The van der Waals surface area contributed by atoms with Crippen molar-refractivity contribution in [2.75, 3.05) is 54.9 Å². The number of aryl methyl sites for hydroxylation is 1. The molecule has 4 heterocycles. The van der Waals surface area contributed by atoms with Crippen LogP contribution in [0.5, 0.6) is 0 Å². The fourth-order valence-corrected chi connectivity index (χ4v) is 4.29. The zero-order valence-electron chi connectivity index (χ0n) is 17.1. The SMILES string of the molecule is CN1CCN(c2ccnc3c2CCN3C(=O)Nc2cc(F)c3nn(C)cc3c2)CC1. The minimum absolute atomic E-state index is 0.292. The van der Waals surface area contributed by atoms with Gasteiger partial charge in [0, 0.05) is 74.5 Å². The summed E-state index contributed by atoms with van der Waals surface area (Å²) in [5.74, 6) is 0.229. The van der Waals surface area contributed by atoms with Gasteiger partial charge in [0.2, 0.25) is 0 Å². The second kappa shape index (κ2) is 7.24. The Bertz CT molecular complexity index is 1120. The van der Waals surface area contributed by atoms with Crippen LogP contribution in [0.2, 0.25) is 0 Å². The van der Waals surface area contributed by atoms with Crippen LogP contribution in [0.15, 0.2) is 30.6 Å². The van der Waals surface area contributed by atoms with Crippen molar-refractivity contribution in [3.05, 3.63) is 42.0 Å². The molecule has 0 atom stereocenters. The van der Waals surface area contributed by atoms with E-state index >= 15 is 0 Å². The van der Waals surface area contributed by atoms with Crippen LogP contribution in [0.1, 0.15) is 5.56 Å². The largest absolute Gasteiger partial charge is 0.369 e. The summed E-state index contributed by atoms with van der Waals surface area (Å²) >= 11 is 0. The monoisotopic (exact) mass is 409 g/mol. The van der Waals surface area contributed by atoms with Crippen molar-refractivity contribution in [3.8, 4) is 0 Å². The number of anilines is 3. The molecule has 0 bridgehead atoms. The van der Waals surface area contributed by atoms with Crippen molar-refractivity contribution >= 4 is 34.1 Å². The number of rotatable bonds is 2. The van der Waals surface area contributed by atoms with Crippen molar-refractivity contribution in [3.63, 3.8) is 0 Å². The Morgan fingerprint density at radius 3 is 2.73 bits per heavy atom. The number of piperazine rings is 1. The van der Waals surface area contributed by atoms with Crippen molar-refractivity contribution in [1.82, 2.24) is 19.7 Å². The molecule has 156 valence electrons. The highest BCUT2D eigenvalue weighted by molar-refractivity contribution is 6.03. The van der Waals surface area contributed by atoms with Crippen LogP contribution in [0.3, 0.4) is 0 Å². The first-order valence-corrected chi connectivity index (χ1v) is 10.1. The number of urea groups is 1. The number of pyridine rings is 1. The standard InChI is InChI=1S/C21H24FN7O/c1-26-7-9-28(10-8-26)18-3-5-23-20-16(18)4-6-29(20)21(30)24-15-11-14-13-27(2)25-19(14)17(22)12-15/h3,5,11-13H,4,6-10H2,1-2H3,(H,24,30). The van der Waals surface area contributed by atoms with Crippen molar-refractivity contribution in [2.24, 2.45) is 7.05 Å². The van der Waals surface area contributed by atoms with Crippen molar-refractivity contribution < 1.29 is 9.18 Å². The van der Waals surface area contributed by atoms with Gasteiger partial charge in [-0.15, -0.1) is 0 Å². The van der Waals surface area contributed by atoms with Gasteiger partial charge >= 0.3 is 6.03 Å². The molecular formula is C21H24FN7O. The molecule has 0 unspecified atom stereocenters. The number of carbonyl (C=O) groups is 1. The van der Waals surface area contributed by atoms with E-state index < -0.39 is 5.82 Å². The highest BCUT2D eigenvalue weighted by atomic mass is 19.1. The maximum Gasteiger partial charge on any atom is 0.327 e. The van der Waals surface area contributed by atoms with Gasteiger partial charge in [-0.3, -0.25) is 9.58 Å². The van der Waals surface area contributed by atoms with E-state index in [9.17, 15) is 9.18 Å². The van der Waals surface area contributed by atoms with Gasteiger partial charge in [0.25, 0.3) is 0 Å². The van der Waals surface area contributed by atoms with Gasteiger partial charge in [0.05, 0.1) is 0 Å². The molecule has 1 aromatic carbocycles. The molecule has 0 radical (unpaired) electrons. The first-order valence-electron chi connectivity index (χ1n) is 10.1. The molecule has 5 rings (SSSR count). The predicted octanol–water partition coefficient (Wildman–Crippen LogP) is 2.45. The summed E-state index contributed by atoms with van der Waals surface area (Å²) in [6, 6.07) is 4.77. The Kier molecular flexibility index (Phi) is 4.54. The molecule has 0 saturated carbocycles. The maximum atomic E-state index is 14.4. The number of nitrogens with zero attached hydrogens (tertiary/aromatic N) is 6. The lowest BCUT2D eigenvalue weighted by Gasteiger charge is -2.35. The van der Waals surface area contributed by atoms with Gasteiger partial charge < -0.3 is 15.1 Å². The molecule has 1 fully saturated rings. The third-order valence-electron chi connectivity index (χ3n) is 5.87. The van der Waals surface area contributed by atoms with Gasteiger partial charge in [-0.25, -0.2) is 14.2 Å². The van der Waals surface area contributed by atoms with E-state index in [1.807, 2.05) is 6.07 Å². The number of fused-ring (bicyclic) bond motifs is 2. The number of halogens is 1. The smallest absolute Gasteiger partial charge is 0.327 e. The van der Waals surface area contributed by atoms with E-state index in [1.54, 1.807) is 35.1 Å². The summed E-state index contributed by atoms with van der Waals surface area (Å²) in [6.45, 7) is 4.51. The molecule has 30 heavy (non-hydrogen) atoms. The molecule has 2 amide bonds. The van der Waals surface area contributed by atoms with Gasteiger partial charge in [-0.05, 0) is 31.7 Å². The summed E-state index contributed by atoms with van der Waals surface area (Å²) in [5, 5.41) is 7.56. The average molecular weight is 409 g/mol. The van der Waals surface area contributed by atoms with E-state index in [1.165, 1.54) is 6.07 Å². The first kappa shape index (κ1) is 18.8. The minimum Gasteiger partial charge on any atom is -0.369 e. The number of carbonyl (C=O) groups excluding carboxylic acids is 1. The molecule has 0 spiro atoms. The van der Waals surface area contributed by atoms with Crippen LogP contribution < -0.4 is 15.1 Å². The lowest BCUT2D eigenvalue weighted by molar-refractivity contribution is 0.257. The number of amides is 2. The molecule has 1 saturated heterocycles. The summed E-state index contributed by atoms with van der Waals surface area (Å²) in [6.07, 6.45) is 4.25. The Morgan fingerprint density at radius 1 is 1.13 bits per heavy atom. The van der Waals surface area contributed by atoms with E-state index in [-0.39, 0.29) is 6.03 Å². The Labute approximate surface area is 173 Å². The molecule has 1 N–H and O–H groups in total. The Balaban J connectivity index is 1.38. The summed E-state index contributed by atoms with van der Waals surface area (Å²) in [5.41, 5.74) is 2.96. The quantitative estimate of drug-likeness (QED) is 0.704. The molecule has 3 aromatic rings. The van der Waals surface area contributed by atoms with E-state index in [4.69, 9.17) is 0 Å². The number of nitrogens with one attached hydrogen (secondary N) is 1. The number of hydrogen-bond acceptors (Lipinski definition) is 5. The second-order valence-corrected chi connectivity index (χ2v) is 7.95. The van der Waals surface area contributed by atoms with Crippen LogP contribution in [-0.4, -0.2) is 65.5 Å². The fourth-order valence-electron chi connectivity index (χ4n) is 4.29. The fraction of sp³-hybridized carbons (Fsp3) is 0.381. The van der Waals surface area contributed by atoms with Gasteiger partial charge in [-0.2, -0.15) is 5.10 Å². The lowest BCUT2D eigenvalue weighted by Crippen LogP contribution is -2.44. The van der Waals surface area contributed by atoms with E-state index in [0.717, 1.165) is 43.9 Å². The van der Waals surface area contributed by atoms with Crippen LogP contribution in [0.4, 0.5) is 26.4 Å². The lowest BCUT2D eigenvalue weighted by atomic mass is 10.1. The van der Waals surface area contributed by atoms with E-state index in [0.29, 0.717) is 29.0 Å². The molecular weight excluding hydrogens is 385 g/mol. The Morgan fingerprint density at radius 2 is 1.93 bits per heavy atom. The van der Waals surface area contributed by atoms with Gasteiger partial charge in [0.15, 0.2) is 5.82 Å². The molecule has 2 aliphatic rings. The topological polar surface area (TPSA) is 69.5 Å². The summed E-state index contributed by atoms with van der Waals surface area (Å²) < 4.78 is 15.9. The van der Waals surface area contributed by atoms with Crippen molar-refractivity contribution in [1.29, 1.82) is 0 Å². The second-order valence-electron chi connectivity index (χ2n) is 7.95. The van der Waals surface area contributed by atoms with Crippen molar-refractivity contribution in [2.45, 2.75) is 6.42 Å². The van der Waals surface area contributed by atoms with Crippen LogP contribution in [-0.2, 0) is 13.5 Å². The van der Waals surface area contributed by atoms with Crippen LogP contribution in [0.25, 0.3) is 10.9 Å². The average Bonchev–Trinajstić information content (AvgIpc) is 3.32. The normalized spacial score (nSPS) is 16.9. The molecule has 2 aromatic heterocycles. The third-order valence-corrected chi connectivity index (χ3v) is 5.87.